The highest BCUT2D eigenvalue weighted by Crippen LogP contribution is 2.26. The fourth-order valence-corrected chi connectivity index (χ4v) is 4.42. The van der Waals surface area contributed by atoms with Gasteiger partial charge in [-0.15, -0.1) is 0 Å². The third-order valence-electron chi connectivity index (χ3n) is 5.28. The molecule has 3 rings (SSSR count). The Morgan fingerprint density at radius 3 is 2.86 bits per heavy atom. The van der Waals surface area contributed by atoms with Gasteiger partial charge in [-0.3, -0.25) is 4.79 Å². The van der Waals surface area contributed by atoms with E-state index in [9.17, 15) is 13.2 Å². The highest BCUT2D eigenvalue weighted by molar-refractivity contribution is 9.10. The molecule has 7 nitrogen and oxygen atoms in total. The number of carbonyl (C=O) groups is 1. The van der Waals surface area contributed by atoms with Gasteiger partial charge in [0.1, 0.15) is 0 Å². The number of ether oxygens (including phenoxy) is 1. The summed E-state index contributed by atoms with van der Waals surface area (Å²) in [5.41, 5.74) is 3.29. The predicted octanol–water partition coefficient (Wildman–Crippen LogP) is 3.17. The summed E-state index contributed by atoms with van der Waals surface area (Å²) in [5, 5.41) is 1.04. The SMILES string of the molecule is CC(CCn1ccc2cc(Br)ccc21)(C(=O)NOC1CCCCO1)S(C)(=O)=O. The largest absolute Gasteiger partial charge is 0.350 e. The van der Waals surface area contributed by atoms with Crippen molar-refractivity contribution in [2.75, 3.05) is 12.9 Å². The molecule has 1 fully saturated rings. The molecule has 2 heterocycles. The second kappa shape index (κ2) is 8.52. The zero-order chi connectivity index (χ0) is 20.4. The molecule has 1 N–H and O–H groups in total. The lowest BCUT2D eigenvalue weighted by atomic mass is 10.1. The van der Waals surface area contributed by atoms with Crippen molar-refractivity contribution in [1.82, 2.24) is 10.0 Å². The van der Waals surface area contributed by atoms with Gasteiger partial charge in [0.05, 0.1) is 0 Å². The van der Waals surface area contributed by atoms with E-state index in [-0.39, 0.29) is 6.42 Å². The van der Waals surface area contributed by atoms with Crippen molar-refractivity contribution >= 4 is 42.6 Å². The Labute approximate surface area is 173 Å². The number of hydroxylamine groups is 1. The Bertz CT molecular complexity index is 952. The van der Waals surface area contributed by atoms with Crippen LogP contribution in [0.15, 0.2) is 34.9 Å². The van der Waals surface area contributed by atoms with Crippen LogP contribution in [0.5, 0.6) is 0 Å². The van der Waals surface area contributed by atoms with E-state index in [0.717, 1.165) is 34.5 Å². The van der Waals surface area contributed by atoms with Crippen LogP contribution in [0.1, 0.15) is 32.6 Å². The summed E-state index contributed by atoms with van der Waals surface area (Å²) in [6, 6.07) is 7.84. The number of fused-ring (bicyclic) bond motifs is 1. The fourth-order valence-electron chi connectivity index (χ4n) is 3.20. The minimum Gasteiger partial charge on any atom is -0.350 e. The van der Waals surface area contributed by atoms with E-state index in [1.807, 2.05) is 35.0 Å². The Morgan fingerprint density at radius 2 is 2.18 bits per heavy atom. The number of hydrogen-bond donors (Lipinski definition) is 1. The van der Waals surface area contributed by atoms with Gasteiger partial charge >= 0.3 is 0 Å². The maximum Gasteiger partial charge on any atom is 0.264 e. The molecule has 154 valence electrons. The van der Waals surface area contributed by atoms with Crippen molar-refractivity contribution < 1.29 is 22.8 Å². The van der Waals surface area contributed by atoms with Gasteiger partial charge in [-0.2, -0.15) is 0 Å². The molecule has 0 radical (unpaired) electrons. The summed E-state index contributed by atoms with van der Waals surface area (Å²) in [7, 11) is -3.68. The van der Waals surface area contributed by atoms with Crippen LogP contribution in [-0.2, 0) is 30.8 Å². The van der Waals surface area contributed by atoms with Crippen LogP contribution < -0.4 is 5.48 Å². The zero-order valence-electron chi connectivity index (χ0n) is 16.0. The molecule has 1 amide bonds. The van der Waals surface area contributed by atoms with Crippen molar-refractivity contribution in [1.29, 1.82) is 0 Å². The van der Waals surface area contributed by atoms with Crippen molar-refractivity contribution in [3.05, 3.63) is 34.9 Å². The molecule has 9 heteroatoms. The van der Waals surface area contributed by atoms with E-state index in [2.05, 4.69) is 21.4 Å². The summed E-state index contributed by atoms with van der Waals surface area (Å²) in [4.78, 5) is 18.0. The average Bonchev–Trinajstić information content (AvgIpc) is 3.06. The topological polar surface area (TPSA) is 86.6 Å². The first-order chi connectivity index (χ1) is 13.2. The van der Waals surface area contributed by atoms with Gasteiger partial charge in [-0.25, -0.2) is 18.7 Å². The monoisotopic (exact) mass is 472 g/mol. The second-order valence-electron chi connectivity index (χ2n) is 7.31. The first-order valence-corrected chi connectivity index (χ1v) is 11.9. The van der Waals surface area contributed by atoms with Crippen LogP contribution in [0.4, 0.5) is 0 Å². The van der Waals surface area contributed by atoms with Crippen LogP contribution in [0, 0.1) is 0 Å². The van der Waals surface area contributed by atoms with E-state index in [1.54, 1.807) is 0 Å². The Morgan fingerprint density at radius 1 is 1.39 bits per heavy atom. The molecule has 28 heavy (non-hydrogen) atoms. The maximum absolute atomic E-state index is 12.7. The predicted molar refractivity (Wildman–Crippen MR) is 110 cm³/mol. The molecule has 1 aliphatic rings. The molecule has 0 saturated carbocycles. The van der Waals surface area contributed by atoms with E-state index >= 15 is 0 Å². The number of nitrogens with zero attached hydrogens (tertiary/aromatic N) is 1. The average molecular weight is 473 g/mol. The van der Waals surface area contributed by atoms with Gasteiger partial charge < -0.3 is 9.30 Å². The summed E-state index contributed by atoms with van der Waals surface area (Å²) in [6.45, 7) is 2.38. The number of aromatic nitrogens is 1. The van der Waals surface area contributed by atoms with Crippen LogP contribution in [-0.4, -0.2) is 42.8 Å². The Balaban J connectivity index is 1.72. The van der Waals surface area contributed by atoms with Crippen molar-refractivity contribution in [2.45, 2.75) is 50.2 Å². The van der Waals surface area contributed by atoms with Gasteiger partial charge in [0.15, 0.2) is 20.9 Å². The number of nitrogens with one attached hydrogen (secondary N) is 1. The fraction of sp³-hybridized carbons (Fsp3) is 0.526. The first kappa shape index (κ1) is 21.3. The number of halogens is 1. The van der Waals surface area contributed by atoms with Gasteiger partial charge in [0.2, 0.25) is 0 Å². The molecule has 1 saturated heterocycles. The number of aryl methyl sites for hydroxylation is 1. The molecule has 1 aromatic heterocycles. The number of hydrogen-bond acceptors (Lipinski definition) is 5. The minimum atomic E-state index is -3.68. The van der Waals surface area contributed by atoms with Crippen molar-refractivity contribution in [3.8, 4) is 0 Å². The van der Waals surface area contributed by atoms with E-state index in [0.29, 0.717) is 19.6 Å². The highest BCUT2D eigenvalue weighted by atomic mass is 79.9. The lowest BCUT2D eigenvalue weighted by molar-refractivity contribution is -0.201. The number of rotatable bonds is 7. The number of carbonyl (C=O) groups excluding carboxylic acids is 1. The quantitative estimate of drug-likeness (QED) is 0.625. The number of sulfone groups is 1. The summed E-state index contributed by atoms with van der Waals surface area (Å²) in [6.07, 6.45) is 5.12. The second-order valence-corrected chi connectivity index (χ2v) is 10.7. The number of benzene rings is 1. The number of amides is 1. The van der Waals surface area contributed by atoms with Crippen molar-refractivity contribution in [2.24, 2.45) is 0 Å². The van der Waals surface area contributed by atoms with E-state index in [1.165, 1.54) is 6.92 Å². The molecule has 2 atom stereocenters. The standard InChI is InChI=1S/C19H25BrN2O5S/c1-19(28(2,24)25,18(23)21-27-17-5-3-4-12-26-17)9-11-22-10-8-14-13-15(20)6-7-16(14)22/h6-8,10,13,17H,3-5,9,11-12H2,1-2H3,(H,21,23). The Kier molecular flexibility index (Phi) is 6.48. The molecule has 0 spiro atoms. The third kappa shape index (κ3) is 4.59. The van der Waals surface area contributed by atoms with Crippen LogP contribution in [0.25, 0.3) is 10.9 Å². The van der Waals surface area contributed by atoms with Crippen molar-refractivity contribution in [3.63, 3.8) is 0 Å². The van der Waals surface area contributed by atoms with E-state index in [4.69, 9.17) is 9.57 Å². The van der Waals surface area contributed by atoms with Gasteiger partial charge in [0.25, 0.3) is 5.91 Å². The van der Waals surface area contributed by atoms with Gasteiger partial charge in [0, 0.05) is 47.4 Å². The molecule has 2 aromatic rings. The van der Waals surface area contributed by atoms with Crippen LogP contribution >= 0.6 is 15.9 Å². The van der Waals surface area contributed by atoms with Crippen LogP contribution in [0.3, 0.4) is 0 Å². The smallest absolute Gasteiger partial charge is 0.264 e. The van der Waals surface area contributed by atoms with Gasteiger partial charge in [-0.05, 0) is 50.5 Å². The summed E-state index contributed by atoms with van der Waals surface area (Å²) >= 11 is 3.44. The lowest BCUT2D eigenvalue weighted by Crippen LogP contribution is -2.51. The minimum absolute atomic E-state index is 0.117. The highest BCUT2D eigenvalue weighted by Gasteiger charge is 2.43. The first-order valence-electron chi connectivity index (χ1n) is 9.22. The maximum atomic E-state index is 12.7. The molecule has 1 aromatic carbocycles. The molecular weight excluding hydrogens is 448 g/mol. The third-order valence-corrected chi connectivity index (χ3v) is 7.80. The molecular formula is C19H25BrN2O5S. The van der Waals surface area contributed by atoms with E-state index < -0.39 is 26.8 Å². The van der Waals surface area contributed by atoms with Crippen LogP contribution in [0.2, 0.25) is 0 Å². The summed E-state index contributed by atoms with van der Waals surface area (Å²) in [5.74, 6) is -0.677. The Hall–Kier alpha value is -1.42. The zero-order valence-corrected chi connectivity index (χ0v) is 18.4. The van der Waals surface area contributed by atoms with Gasteiger partial charge in [-0.1, -0.05) is 15.9 Å². The molecule has 0 aliphatic carbocycles. The molecule has 0 bridgehead atoms. The summed E-state index contributed by atoms with van der Waals surface area (Å²) < 4.78 is 31.6. The lowest BCUT2D eigenvalue weighted by Gasteiger charge is -2.28. The molecule has 2 unspecified atom stereocenters. The normalized spacial score (nSPS) is 20.0. The molecule has 1 aliphatic heterocycles.